The van der Waals surface area contributed by atoms with E-state index in [4.69, 9.17) is 16.3 Å². The number of rotatable bonds is 7. The van der Waals surface area contributed by atoms with Crippen molar-refractivity contribution in [1.29, 1.82) is 0 Å². The van der Waals surface area contributed by atoms with Gasteiger partial charge in [-0.25, -0.2) is 14.5 Å². The van der Waals surface area contributed by atoms with Gasteiger partial charge in [-0.05, 0) is 66.1 Å². The first kappa shape index (κ1) is 28.0. The van der Waals surface area contributed by atoms with Crippen LogP contribution in [0.1, 0.15) is 51.8 Å². The molecule has 6 heterocycles. The molecule has 1 amide bonds. The van der Waals surface area contributed by atoms with Crippen LogP contribution in [0.3, 0.4) is 0 Å². The number of esters is 1. The molecular formula is C29H26ClN9O4S. The van der Waals surface area contributed by atoms with Gasteiger partial charge in [0.15, 0.2) is 12.4 Å². The number of fused-ring (bicyclic) bond motifs is 1. The largest absolute Gasteiger partial charge is 0.451 e. The van der Waals surface area contributed by atoms with Crippen molar-refractivity contribution in [3.05, 3.63) is 69.8 Å². The summed E-state index contributed by atoms with van der Waals surface area (Å²) in [7, 11) is 0. The van der Waals surface area contributed by atoms with Gasteiger partial charge in [-0.3, -0.25) is 14.2 Å². The fourth-order valence-corrected chi connectivity index (χ4v) is 6.57. The van der Waals surface area contributed by atoms with Gasteiger partial charge in [-0.15, -0.1) is 16.4 Å². The molecular weight excluding hydrogens is 606 g/mol. The topological polar surface area (TPSA) is 153 Å². The highest BCUT2D eigenvalue weighted by Crippen LogP contribution is 2.37. The average Bonchev–Trinajstić information content (AvgIpc) is 3.86. The number of imidazole rings is 1. The number of benzene rings is 1. The monoisotopic (exact) mass is 631 g/mol. The number of carbonyl (C=O) groups excluding carboxylic acids is 3. The van der Waals surface area contributed by atoms with Crippen molar-refractivity contribution in [2.24, 2.45) is 0 Å². The molecule has 7 rings (SSSR count). The Morgan fingerprint density at radius 1 is 1.11 bits per heavy atom. The summed E-state index contributed by atoms with van der Waals surface area (Å²) in [5.74, 6) is 0.283. The van der Waals surface area contributed by atoms with Crippen LogP contribution in [0, 0.1) is 0 Å². The van der Waals surface area contributed by atoms with Crippen molar-refractivity contribution >= 4 is 46.5 Å². The lowest BCUT2D eigenvalue weighted by atomic mass is 9.99. The number of thiophene rings is 1. The number of tetrazole rings is 1. The molecule has 4 aromatic heterocycles. The zero-order chi connectivity index (χ0) is 30.2. The number of nitrogens with one attached hydrogen (secondary N) is 2. The van der Waals surface area contributed by atoms with E-state index in [1.54, 1.807) is 33.9 Å². The standard InChI is InChI=1S/C29H26ClN9O4S/c30-18-4-5-22(38-16-32-35-36-38)19(11-18)20-12-26(40)39-23(6-7-25(39)33-20)28-31-13-21(34-28)17-10-24(44-15-17)29(42)43-14-27(41)37-8-2-1-3-9-37/h4-7,10-11,13,15-16,20,33H,1-3,8-9,12,14H2,(H,31,34). The van der Waals surface area contributed by atoms with Crippen molar-refractivity contribution < 1.29 is 19.1 Å². The molecule has 44 heavy (non-hydrogen) atoms. The molecule has 1 saturated heterocycles. The van der Waals surface area contributed by atoms with Crippen molar-refractivity contribution in [2.75, 3.05) is 25.0 Å². The summed E-state index contributed by atoms with van der Waals surface area (Å²) >= 11 is 7.54. The Kier molecular flexibility index (Phi) is 7.44. The minimum atomic E-state index is -0.541. The SMILES string of the molecule is O=C(OCC(=O)N1CCCCC1)c1cc(-c2cnc(-c3ccc4n3C(=O)CC(c3cc(Cl)ccc3-n3cnnn3)N4)[nH]2)cs1. The second-order valence-corrected chi connectivity index (χ2v) is 11.9. The quantitative estimate of drug-likeness (QED) is 0.245. The number of carbonyl (C=O) groups is 3. The molecule has 1 fully saturated rings. The summed E-state index contributed by atoms with van der Waals surface area (Å²) in [6, 6.07) is 10.4. The molecule has 1 atom stereocenters. The molecule has 2 aliphatic rings. The van der Waals surface area contributed by atoms with Gasteiger partial charge < -0.3 is 19.9 Å². The summed E-state index contributed by atoms with van der Waals surface area (Å²) in [4.78, 5) is 48.4. The van der Waals surface area contributed by atoms with Crippen LogP contribution in [0.15, 0.2) is 54.3 Å². The fraction of sp³-hybridized carbons (Fsp3) is 0.276. The number of ether oxygens (including phenoxy) is 1. The number of nitrogens with zero attached hydrogens (tertiary/aromatic N) is 7. The summed E-state index contributed by atoms with van der Waals surface area (Å²) < 4.78 is 8.42. The lowest BCUT2D eigenvalue weighted by molar-refractivity contribution is -0.135. The Bertz CT molecular complexity index is 1860. The molecule has 0 spiro atoms. The Labute approximate surface area is 259 Å². The van der Waals surface area contributed by atoms with E-state index in [0.717, 1.165) is 30.4 Å². The minimum Gasteiger partial charge on any atom is -0.451 e. The van der Waals surface area contributed by atoms with Crippen LogP contribution in [0.5, 0.6) is 0 Å². The number of likely N-dealkylation sites (tertiary alicyclic amines) is 1. The van der Waals surface area contributed by atoms with E-state index in [1.807, 2.05) is 23.6 Å². The van der Waals surface area contributed by atoms with Gasteiger partial charge in [-0.1, -0.05) is 11.6 Å². The Balaban J connectivity index is 1.06. The normalized spacial score (nSPS) is 16.4. The lowest BCUT2D eigenvalue weighted by Gasteiger charge is -2.28. The maximum atomic E-state index is 13.5. The molecule has 1 aromatic carbocycles. The predicted molar refractivity (Wildman–Crippen MR) is 162 cm³/mol. The second-order valence-electron chi connectivity index (χ2n) is 10.6. The Morgan fingerprint density at radius 3 is 2.80 bits per heavy atom. The van der Waals surface area contributed by atoms with E-state index in [0.29, 0.717) is 51.7 Å². The van der Waals surface area contributed by atoms with Gasteiger partial charge in [0.1, 0.15) is 17.0 Å². The number of hydrogen-bond donors (Lipinski definition) is 2. The van der Waals surface area contributed by atoms with Gasteiger partial charge in [0, 0.05) is 34.6 Å². The highest BCUT2D eigenvalue weighted by molar-refractivity contribution is 7.12. The molecule has 5 aromatic rings. The van der Waals surface area contributed by atoms with Gasteiger partial charge in [0.25, 0.3) is 5.91 Å². The van der Waals surface area contributed by atoms with Crippen LogP contribution < -0.4 is 5.32 Å². The van der Waals surface area contributed by atoms with E-state index in [9.17, 15) is 14.4 Å². The first-order valence-corrected chi connectivity index (χ1v) is 15.3. The van der Waals surface area contributed by atoms with E-state index >= 15 is 0 Å². The highest BCUT2D eigenvalue weighted by Gasteiger charge is 2.30. The molecule has 2 N–H and O–H groups in total. The van der Waals surface area contributed by atoms with Crippen molar-refractivity contribution in [1.82, 2.24) is 39.6 Å². The van der Waals surface area contributed by atoms with E-state index in [2.05, 4.69) is 30.8 Å². The molecule has 0 aliphatic carbocycles. The number of halogens is 1. The first-order chi connectivity index (χ1) is 21.4. The van der Waals surface area contributed by atoms with Gasteiger partial charge in [0.2, 0.25) is 5.91 Å². The third-order valence-electron chi connectivity index (χ3n) is 7.76. The van der Waals surface area contributed by atoms with Crippen molar-refractivity contribution in [3.63, 3.8) is 0 Å². The molecule has 13 nitrogen and oxygen atoms in total. The third kappa shape index (κ3) is 5.37. The molecule has 15 heteroatoms. The fourth-order valence-electron chi connectivity index (χ4n) is 5.59. The lowest BCUT2D eigenvalue weighted by Crippen LogP contribution is -2.38. The van der Waals surface area contributed by atoms with Crippen LogP contribution in [0.2, 0.25) is 5.02 Å². The highest BCUT2D eigenvalue weighted by atomic mass is 35.5. The second kappa shape index (κ2) is 11.7. The zero-order valence-electron chi connectivity index (χ0n) is 23.3. The van der Waals surface area contributed by atoms with Crippen LogP contribution in [0.25, 0.3) is 28.5 Å². The summed E-state index contributed by atoms with van der Waals surface area (Å²) in [6.07, 6.45) is 6.37. The average molecular weight is 632 g/mol. The Morgan fingerprint density at radius 2 is 1.98 bits per heavy atom. The number of anilines is 1. The van der Waals surface area contributed by atoms with Crippen LogP contribution in [-0.2, 0) is 9.53 Å². The maximum absolute atomic E-state index is 13.5. The molecule has 224 valence electrons. The number of H-pyrrole nitrogens is 1. The summed E-state index contributed by atoms with van der Waals surface area (Å²) in [6.45, 7) is 1.15. The predicted octanol–water partition coefficient (Wildman–Crippen LogP) is 4.60. The molecule has 1 unspecified atom stereocenters. The Hall–Kier alpha value is -4.82. The summed E-state index contributed by atoms with van der Waals surface area (Å²) in [5, 5.41) is 17.2. The molecule has 0 bridgehead atoms. The van der Waals surface area contributed by atoms with Gasteiger partial charge in [0.05, 0.1) is 35.7 Å². The van der Waals surface area contributed by atoms with Crippen molar-refractivity contribution in [2.45, 2.75) is 31.7 Å². The van der Waals surface area contributed by atoms with E-state index in [-0.39, 0.29) is 30.9 Å². The number of aromatic amines is 1. The number of piperidine rings is 1. The van der Waals surface area contributed by atoms with Crippen LogP contribution in [-0.4, -0.2) is 77.1 Å². The first-order valence-electron chi connectivity index (χ1n) is 14.1. The van der Waals surface area contributed by atoms with Crippen LogP contribution >= 0.6 is 22.9 Å². The van der Waals surface area contributed by atoms with Gasteiger partial charge >= 0.3 is 5.97 Å². The van der Waals surface area contributed by atoms with Crippen molar-refractivity contribution in [3.8, 4) is 28.5 Å². The molecule has 0 saturated carbocycles. The molecule has 0 radical (unpaired) electrons. The van der Waals surface area contributed by atoms with E-state index in [1.165, 1.54) is 22.3 Å². The smallest absolute Gasteiger partial charge is 0.348 e. The molecule has 2 aliphatic heterocycles. The number of amides is 1. The number of aromatic nitrogens is 7. The zero-order valence-corrected chi connectivity index (χ0v) is 24.8. The van der Waals surface area contributed by atoms with Gasteiger partial charge in [-0.2, -0.15) is 0 Å². The number of hydrogen-bond acceptors (Lipinski definition) is 10. The van der Waals surface area contributed by atoms with E-state index < -0.39 is 5.97 Å². The maximum Gasteiger partial charge on any atom is 0.348 e. The minimum absolute atomic E-state index is 0.121. The third-order valence-corrected chi connectivity index (χ3v) is 8.90. The summed E-state index contributed by atoms with van der Waals surface area (Å²) in [5.41, 5.74) is 3.52. The van der Waals surface area contributed by atoms with Crippen LogP contribution in [0.4, 0.5) is 5.82 Å².